The molecule has 3 heterocycles. The molecular formula is C83H49N3O2. The fourth-order valence-corrected chi connectivity index (χ4v) is 15.2. The zero-order valence-electron chi connectivity index (χ0n) is 47.4. The molecule has 0 bridgehead atoms. The van der Waals surface area contributed by atoms with Gasteiger partial charge in [-0.15, -0.1) is 0 Å². The standard InChI is InChI=1S/C83H49N3O2/c84-50-51-19-14-22-53(45-51)54-23-15-24-57(46-54)60-30-17-38-74-79(60)88-77-40-13-11-36-72(77)83(74)69-34-9-6-29-64(69)66-48-55(42-44-70(66)83)56-41-43-65-75(49-56)85-81(52-20-2-1-3-21-52)86-78(65)59-26-16-25-58(47-59)61-31-18-37-73-80(61)87-76-39-12-10-35-71(76)82(73)67-32-7-4-27-62(67)63-28-5-8-33-68(63)82/h1-49H. The number of rotatable bonds is 6. The van der Waals surface area contributed by atoms with E-state index in [2.05, 4.69) is 267 Å². The lowest BCUT2D eigenvalue weighted by molar-refractivity contribution is 0.438. The topological polar surface area (TPSA) is 68.0 Å². The van der Waals surface area contributed by atoms with Crippen molar-refractivity contribution in [2.75, 3.05) is 0 Å². The molecule has 88 heavy (non-hydrogen) atoms. The minimum absolute atomic E-state index is 0.574. The zero-order valence-corrected chi connectivity index (χ0v) is 47.4. The lowest BCUT2D eigenvalue weighted by Crippen LogP contribution is -2.32. The average Bonchev–Trinajstić information content (AvgIpc) is 1.48. The summed E-state index contributed by atoms with van der Waals surface area (Å²) in [5, 5.41) is 10.7. The Labute approximate surface area is 509 Å². The Morgan fingerprint density at radius 2 is 0.705 bits per heavy atom. The van der Waals surface area contributed by atoms with Gasteiger partial charge in [0.25, 0.3) is 0 Å². The van der Waals surface area contributed by atoms with E-state index in [1.165, 1.54) is 44.5 Å². The Morgan fingerprint density at radius 1 is 0.284 bits per heavy atom. The monoisotopic (exact) mass is 1120 g/mol. The van der Waals surface area contributed by atoms with E-state index in [9.17, 15) is 5.26 Å². The van der Waals surface area contributed by atoms with Crippen molar-refractivity contribution in [2.45, 2.75) is 10.8 Å². The predicted molar refractivity (Wildman–Crippen MR) is 352 cm³/mol. The summed E-state index contributed by atoms with van der Waals surface area (Å²) < 4.78 is 14.3. The van der Waals surface area contributed by atoms with Crippen molar-refractivity contribution in [3.8, 4) is 118 Å². The highest BCUT2D eigenvalue weighted by Crippen LogP contribution is 2.65. The molecule has 13 aromatic carbocycles. The molecule has 408 valence electrons. The molecule has 1 unspecified atom stereocenters. The summed E-state index contributed by atoms with van der Waals surface area (Å²) in [6.45, 7) is 0. The third-order valence-electron chi connectivity index (χ3n) is 18.8. The van der Waals surface area contributed by atoms with Crippen molar-refractivity contribution in [2.24, 2.45) is 0 Å². The third kappa shape index (κ3) is 7.09. The minimum atomic E-state index is -0.682. The number of nitrogens with zero attached hydrogens (tertiary/aromatic N) is 3. The van der Waals surface area contributed by atoms with Gasteiger partial charge in [0.2, 0.25) is 0 Å². The number of hydrogen-bond acceptors (Lipinski definition) is 5. The van der Waals surface area contributed by atoms with E-state index in [0.29, 0.717) is 11.4 Å². The van der Waals surface area contributed by atoms with Gasteiger partial charge in [0, 0.05) is 49.9 Å². The van der Waals surface area contributed by atoms with Crippen LogP contribution in [0.1, 0.15) is 50.1 Å². The highest BCUT2D eigenvalue weighted by Gasteiger charge is 2.53. The number of nitriles is 1. The fourth-order valence-electron chi connectivity index (χ4n) is 15.2. The molecule has 4 aliphatic rings. The normalized spacial score (nSPS) is 14.7. The molecule has 5 nitrogen and oxygen atoms in total. The second-order valence-corrected chi connectivity index (χ2v) is 23.3. The molecule has 14 aromatic rings. The van der Waals surface area contributed by atoms with Gasteiger partial charge < -0.3 is 9.47 Å². The smallest absolute Gasteiger partial charge is 0.160 e. The number of aromatic nitrogens is 2. The van der Waals surface area contributed by atoms with Crippen LogP contribution in [0.25, 0.3) is 100 Å². The van der Waals surface area contributed by atoms with E-state index in [1.54, 1.807) is 0 Å². The largest absolute Gasteiger partial charge is 0.456 e. The van der Waals surface area contributed by atoms with Crippen molar-refractivity contribution in [1.82, 2.24) is 9.97 Å². The first-order valence-electron chi connectivity index (χ1n) is 29.9. The van der Waals surface area contributed by atoms with Crippen LogP contribution in [0.3, 0.4) is 0 Å². The number of hydrogen-bond donors (Lipinski definition) is 0. The highest BCUT2D eigenvalue weighted by atomic mass is 16.5. The van der Waals surface area contributed by atoms with E-state index in [1.807, 2.05) is 36.4 Å². The molecule has 0 radical (unpaired) electrons. The first-order valence-corrected chi connectivity index (χ1v) is 29.9. The molecule has 18 rings (SSSR count). The first-order chi connectivity index (χ1) is 43.6. The quantitative estimate of drug-likeness (QED) is 0.166. The van der Waals surface area contributed by atoms with Gasteiger partial charge in [0.05, 0.1) is 33.7 Å². The van der Waals surface area contributed by atoms with E-state index in [4.69, 9.17) is 19.4 Å². The summed E-state index contributed by atoms with van der Waals surface area (Å²) in [7, 11) is 0. The Balaban J connectivity index is 0.771. The van der Waals surface area contributed by atoms with Crippen molar-refractivity contribution in [3.63, 3.8) is 0 Å². The van der Waals surface area contributed by atoms with Crippen LogP contribution in [0.5, 0.6) is 23.0 Å². The SMILES string of the molecule is N#Cc1cccc(-c2cccc(-c3cccc4c3Oc3ccccc3C43c4ccccc4-c4cc(-c5ccc6c(-c7cccc(-c8cccc9c8Oc8ccccc8C98c9ccccc9-c9ccccc98)c7)nc(-c7ccccc7)nc6c5)ccc43)c2)c1. The number of fused-ring (bicyclic) bond motifs is 19. The average molecular weight is 1120 g/mol. The van der Waals surface area contributed by atoms with E-state index in [0.717, 1.165) is 117 Å². The minimum Gasteiger partial charge on any atom is -0.456 e. The van der Waals surface area contributed by atoms with Crippen molar-refractivity contribution in [1.29, 1.82) is 5.26 Å². The van der Waals surface area contributed by atoms with E-state index in [-0.39, 0.29) is 0 Å². The maximum Gasteiger partial charge on any atom is 0.160 e. The van der Waals surface area contributed by atoms with Crippen LogP contribution in [0.15, 0.2) is 297 Å². The predicted octanol–water partition coefficient (Wildman–Crippen LogP) is 20.4. The molecule has 5 heteroatoms. The highest BCUT2D eigenvalue weighted by molar-refractivity contribution is 5.99. The van der Waals surface area contributed by atoms with Gasteiger partial charge in [-0.3, -0.25) is 0 Å². The Hall–Kier alpha value is -11.7. The van der Waals surface area contributed by atoms with Crippen LogP contribution in [-0.2, 0) is 10.8 Å². The molecule has 1 aromatic heterocycles. The van der Waals surface area contributed by atoms with Crippen LogP contribution < -0.4 is 9.47 Å². The number of para-hydroxylation sites is 4. The second kappa shape index (κ2) is 19.2. The summed E-state index contributed by atoms with van der Waals surface area (Å²) in [5.74, 6) is 4.03. The Morgan fingerprint density at radius 3 is 1.32 bits per heavy atom. The molecule has 2 spiro atoms. The lowest BCUT2D eigenvalue weighted by Gasteiger charge is -2.40. The molecule has 2 aliphatic heterocycles. The van der Waals surface area contributed by atoms with Gasteiger partial charge in [-0.2, -0.15) is 5.26 Å². The summed E-state index contributed by atoms with van der Waals surface area (Å²) in [6, 6.07) is 108. The fraction of sp³-hybridized carbons (Fsp3) is 0.0241. The zero-order chi connectivity index (χ0) is 58.1. The number of ether oxygens (including phenoxy) is 2. The molecule has 0 fully saturated rings. The van der Waals surface area contributed by atoms with Crippen molar-refractivity contribution >= 4 is 10.9 Å². The van der Waals surface area contributed by atoms with Gasteiger partial charge in [0.1, 0.15) is 23.0 Å². The molecule has 2 aliphatic carbocycles. The van der Waals surface area contributed by atoms with Crippen LogP contribution in [0.4, 0.5) is 0 Å². The summed E-state index contributed by atoms with van der Waals surface area (Å²) in [6.07, 6.45) is 0. The lowest BCUT2D eigenvalue weighted by atomic mass is 9.65. The van der Waals surface area contributed by atoms with Gasteiger partial charge in [-0.05, 0) is 132 Å². The summed E-state index contributed by atoms with van der Waals surface area (Å²) >= 11 is 0. The van der Waals surface area contributed by atoms with Gasteiger partial charge in [-0.1, -0.05) is 243 Å². The van der Waals surface area contributed by atoms with Crippen molar-refractivity contribution in [3.05, 3.63) is 347 Å². The van der Waals surface area contributed by atoms with E-state index >= 15 is 0 Å². The third-order valence-corrected chi connectivity index (χ3v) is 18.8. The molecular weight excluding hydrogens is 1070 g/mol. The first kappa shape index (κ1) is 49.7. The maximum absolute atomic E-state index is 9.75. The van der Waals surface area contributed by atoms with Crippen molar-refractivity contribution < 1.29 is 9.47 Å². The maximum atomic E-state index is 9.75. The van der Waals surface area contributed by atoms with Gasteiger partial charge >= 0.3 is 0 Å². The van der Waals surface area contributed by atoms with Crippen LogP contribution >= 0.6 is 0 Å². The summed E-state index contributed by atoms with van der Waals surface area (Å²) in [4.78, 5) is 10.8. The van der Waals surface area contributed by atoms with Gasteiger partial charge in [-0.25, -0.2) is 9.97 Å². The van der Waals surface area contributed by atoms with Crippen LogP contribution in [0.2, 0.25) is 0 Å². The van der Waals surface area contributed by atoms with E-state index < -0.39 is 10.8 Å². The molecule has 0 amide bonds. The Bertz CT molecular complexity index is 5280. The summed E-state index contributed by atoms with van der Waals surface area (Å²) in [5.41, 5.74) is 25.5. The van der Waals surface area contributed by atoms with Crippen LogP contribution in [-0.4, -0.2) is 9.97 Å². The molecule has 0 N–H and O–H groups in total. The molecule has 1 atom stereocenters. The number of benzene rings is 13. The van der Waals surface area contributed by atoms with Gasteiger partial charge in [0.15, 0.2) is 5.82 Å². The van der Waals surface area contributed by atoms with Crippen LogP contribution in [0, 0.1) is 11.3 Å². The molecule has 0 saturated carbocycles. The second-order valence-electron chi connectivity index (χ2n) is 23.3. The molecule has 0 saturated heterocycles. The Kier molecular flexibility index (Phi) is 10.8.